The van der Waals surface area contributed by atoms with E-state index in [-0.39, 0.29) is 8.96 Å². The quantitative estimate of drug-likeness (QED) is 0.292. The van der Waals surface area contributed by atoms with Gasteiger partial charge in [-0.05, 0) is 87.2 Å². The minimum absolute atomic E-state index is 0.315. The normalized spacial score (nSPS) is 14.9. The van der Waals surface area contributed by atoms with E-state index in [1.807, 2.05) is 0 Å². The molecule has 10 heteroatoms. The number of hydrogen-bond acceptors (Lipinski definition) is 8. The molecule has 0 saturated heterocycles. The Labute approximate surface area is 181 Å². The van der Waals surface area contributed by atoms with E-state index < -0.39 is 47.3 Å². The molecule has 2 atom stereocenters. The van der Waals surface area contributed by atoms with Gasteiger partial charge in [-0.1, -0.05) is 0 Å². The zero-order chi connectivity index (χ0) is 22.4. The summed E-state index contributed by atoms with van der Waals surface area (Å²) in [5, 5.41) is 0. The summed E-state index contributed by atoms with van der Waals surface area (Å²) in [6.07, 6.45) is -2.40. The van der Waals surface area contributed by atoms with Crippen LogP contribution < -0.4 is 0 Å². The largest absolute Gasteiger partial charge is 0.457 e. The van der Waals surface area contributed by atoms with Crippen LogP contribution in [0.4, 0.5) is 0 Å². The van der Waals surface area contributed by atoms with Gasteiger partial charge >= 0.3 is 23.9 Å². The van der Waals surface area contributed by atoms with E-state index in [1.54, 1.807) is 41.5 Å². The zero-order valence-corrected chi connectivity index (χ0v) is 20.3. The van der Waals surface area contributed by atoms with Gasteiger partial charge in [-0.25, -0.2) is 19.2 Å². The van der Waals surface area contributed by atoms with Crippen molar-refractivity contribution >= 4 is 55.7 Å². The molecule has 0 N–H and O–H groups in total. The first-order valence-corrected chi connectivity index (χ1v) is 9.96. The van der Waals surface area contributed by atoms with Crippen LogP contribution in [0.1, 0.15) is 55.4 Å². The number of rotatable bonds is 6. The fourth-order valence-corrected chi connectivity index (χ4v) is 1.98. The number of carbonyl (C=O) groups excluding carboxylic acids is 4. The first-order chi connectivity index (χ1) is 12.4. The van der Waals surface area contributed by atoms with Crippen LogP contribution >= 0.6 is 31.9 Å². The van der Waals surface area contributed by atoms with Crippen molar-refractivity contribution in [1.29, 1.82) is 0 Å². The Bertz CT molecular complexity index is 599. The van der Waals surface area contributed by atoms with Crippen LogP contribution in [0.25, 0.3) is 0 Å². The standard InChI is InChI=1S/C18H26Br2O8/c1-9(13(21)27-17(3,4)5)25-15(23)11(19)12(20)16(24)26-10(2)14(22)28-18(6,7)8/h9-10H,1-8H3/b12-11+/t9-,10-/m1/s1. The molecule has 0 aliphatic carbocycles. The number of halogens is 2. The summed E-state index contributed by atoms with van der Waals surface area (Å²) in [7, 11) is 0. The van der Waals surface area contributed by atoms with E-state index in [4.69, 9.17) is 18.9 Å². The average Bonchev–Trinajstić information content (AvgIpc) is 2.49. The van der Waals surface area contributed by atoms with E-state index in [0.29, 0.717) is 0 Å². The van der Waals surface area contributed by atoms with Gasteiger partial charge in [0, 0.05) is 0 Å². The topological polar surface area (TPSA) is 105 Å². The van der Waals surface area contributed by atoms with Gasteiger partial charge in [-0.3, -0.25) is 0 Å². The fourth-order valence-electron chi connectivity index (χ4n) is 1.47. The minimum Gasteiger partial charge on any atom is -0.457 e. The Balaban J connectivity index is 4.99. The molecule has 160 valence electrons. The number of ether oxygens (including phenoxy) is 4. The molecule has 0 aliphatic heterocycles. The van der Waals surface area contributed by atoms with Crippen molar-refractivity contribution < 1.29 is 38.1 Å². The molecule has 0 aromatic carbocycles. The lowest BCUT2D eigenvalue weighted by Gasteiger charge is -2.22. The third kappa shape index (κ3) is 10.2. The number of hydrogen-bond donors (Lipinski definition) is 0. The summed E-state index contributed by atoms with van der Waals surface area (Å²) in [5.41, 5.74) is -1.49. The van der Waals surface area contributed by atoms with Crippen molar-refractivity contribution in [3.05, 3.63) is 8.96 Å². The molecule has 0 aromatic heterocycles. The second-order valence-corrected chi connectivity index (χ2v) is 9.38. The number of esters is 4. The summed E-state index contributed by atoms with van der Waals surface area (Å²) in [6, 6.07) is 0. The molecule has 0 spiro atoms. The van der Waals surface area contributed by atoms with Gasteiger partial charge in [0.2, 0.25) is 0 Å². The molecule has 0 saturated carbocycles. The Hall–Kier alpha value is -1.42. The van der Waals surface area contributed by atoms with E-state index in [9.17, 15) is 19.2 Å². The lowest BCUT2D eigenvalue weighted by Crippen LogP contribution is -2.34. The molecule has 28 heavy (non-hydrogen) atoms. The van der Waals surface area contributed by atoms with Gasteiger partial charge in [-0.2, -0.15) is 0 Å². The second kappa shape index (κ2) is 10.4. The molecule has 0 aromatic rings. The van der Waals surface area contributed by atoms with Crippen LogP contribution in [0.3, 0.4) is 0 Å². The van der Waals surface area contributed by atoms with Crippen molar-refractivity contribution in [2.24, 2.45) is 0 Å². The minimum atomic E-state index is -1.20. The van der Waals surface area contributed by atoms with Crippen LogP contribution in [0.2, 0.25) is 0 Å². The summed E-state index contributed by atoms with van der Waals surface area (Å²) in [4.78, 5) is 48.0. The van der Waals surface area contributed by atoms with Gasteiger partial charge in [0.15, 0.2) is 12.2 Å². The van der Waals surface area contributed by atoms with Crippen LogP contribution in [-0.4, -0.2) is 47.3 Å². The molecule has 0 radical (unpaired) electrons. The van der Waals surface area contributed by atoms with Gasteiger partial charge in [0.05, 0.1) is 0 Å². The lowest BCUT2D eigenvalue weighted by molar-refractivity contribution is -0.173. The molecule has 0 aliphatic rings. The van der Waals surface area contributed by atoms with Crippen LogP contribution in [0, 0.1) is 0 Å². The number of carbonyl (C=O) groups is 4. The Morgan fingerprint density at radius 3 is 1.11 bits per heavy atom. The highest BCUT2D eigenvalue weighted by Gasteiger charge is 2.29. The predicted octanol–water partition coefficient (Wildman–Crippen LogP) is 3.53. The maximum atomic E-state index is 12.1. The van der Waals surface area contributed by atoms with Crippen LogP contribution in [-0.2, 0) is 38.1 Å². The highest BCUT2D eigenvalue weighted by Crippen LogP contribution is 2.23. The van der Waals surface area contributed by atoms with Crippen LogP contribution in [0.15, 0.2) is 8.96 Å². The van der Waals surface area contributed by atoms with Crippen LogP contribution in [0.5, 0.6) is 0 Å². The highest BCUT2D eigenvalue weighted by atomic mass is 79.9. The molecule has 0 rings (SSSR count). The lowest BCUT2D eigenvalue weighted by atomic mass is 10.2. The van der Waals surface area contributed by atoms with Gasteiger partial charge < -0.3 is 18.9 Å². The molecule has 0 unspecified atom stereocenters. The van der Waals surface area contributed by atoms with Crippen molar-refractivity contribution in [1.82, 2.24) is 0 Å². The first-order valence-electron chi connectivity index (χ1n) is 8.37. The van der Waals surface area contributed by atoms with Gasteiger partial charge in [0.25, 0.3) is 0 Å². The SMILES string of the molecule is C[C@@H](OC(=O)/C(Br)=C(\Br)C(=O)O[C@H](C)C(=O)OC(C)(C)C)C(=O)OC(C)(C)C. The third-order valence-electron chi connectivity index (χ3n) is 2.60. The Kier molecular flexibility index (Phi) is 9.86. The summed E-state index contributed by atoms with van der Waals surface area (Å²) >= 11 is 5.83. The third-order valence-corrected chi connectivity index (χ3v) is 4.57. The smallest absolute Gasteiger partial charge is 0.347 e. The summed E-state index contributed by atoms with van der Waals surface area (Å²) in [5.74, 6) is -3.46. The van der Waals surface area contributed by atoms with Crippen molar-refractivity contribution in [3.8, 4) is 0 Å². The summed E-state index contributed by atoms with van der Waals surface area (Å²) in [6.45, 7) is 12.7. The molecule has 0 bridgehead atoms. The Morgan fingerprint density at radius 1 is 0.643 bits per heavy atom. The molecule has 0 heterocycles. The fraction of sp³-hybridized carbons (Fsp3) is 0.667. The maximum absolute atomic E-state index is 12.1. The molecular weight excluding hydrogens is 504 g/mol. The van der Waals surface area contributed by atoms with E-state index >= 15 is 0 Å². The second-order valence-electron chi connectivity index (χ2n) is 7.79. The first kappa shape index (κ1) is 26.6. The average molecular weight is 530 g/mol. The van der Waals surface area contributed by atoms with Crippen molar-refractivity contribution in [2.75, 3.05) is 0 Å². The highest BCUT2D eigenvalue weighted by molar-refractivity contribution is 9.14. The molecule has 0 amide bonds. The molecule has 8 nitrogen and oxygen atoms in total. The zero-order valence-electron chi connectivity index (χ0n) is 17.2. The molecule has 0 fully saturated rings. The molecular formula is C18H26Br2O8. The van der Waals surface area contributed by atoms with Crippen molar-refractivity contribution in [3.63, 3.8) is 0 Å². The monoisotopic (exact) mass is 528 g/mol. The van der Waals surface area contributed by atoms with E-state index in [0.717, 1.165) is 0 Å². The van der Waals surface area contributed by atoms with E-state index in [2.05, 4.69) is 31.9 Å². The summed E-state index contributed by atoms with van der Waals surface area (Å²) < 4.78 is 19.5. The van der Waals surface area contributed by atoms with Gasteiger partial charge in [0.1, 0.15) is 20.2 Å². The van der Waals surface area contributed by atoms with Gasteiger partial charge in [-0.15, -0.1) is 0 Å². The Morgan fingerprint density at radius 2 is 0.893 bits per heavy atom. The van der Waals surface area contributed by atoms with E-state index in [1.165, 1.54) is 13.8 Å². The maximum Gasteiger partial charge on any atom is 0.347 e. The van der Waals surface area contributed by atoms with Crippen molar-refractivity contribution in [2.45, 2.75) is 78.8 Å². The predicted molar refractivity (Wildman–Crippen MR) is 108 cm³/mol.